The SMILES string of the molecule is Cc1ccccc1-c1nc(C(=O)N(C)CC2(O)CCCC2)cs1. The monoisotopic (exact) mass is 330 g/mol. The van der Waals surface area contributed by atoms with Gasteiger partial charge in [0.1, 0.15) is 10.7 Å². The van der Waals surface area contributed by atoms with Crippen LogP contribution in [0.2, 0.25) is 0 Å². The summed E-state index contributed by atoms with van der Waals surface area (Å²) in [4.78, 5) is 18.7. The number of aromatic nitrogens is 1. The number of aliphatic hydroxyl groups is 1. The summed E-state index contributed by atoms with van der Waals surface area (Å²) in [7, 11) is 1.74. The fourth-order valence-electron chi connectivity index (χ4n) is 3.21. The molecule has 0 atom stereocenters. The number of rotatable bonds is 4. The van der Waals surface area contributed by atoms with E-state index in [0.717, 1.165) is 41.8 Å². The highest BCUT2D eigenvalue weighted by Gasteiger charge is 2.34. The number of hydrogen-bond donors (Lipinski definition) is 1. The van der Waals surface area contributed by atoms with Crippen LogP contribution in [0.25, 0.3) is 10.6 Å². The largest absolute Gasteiger partial charge is 0.388 e. The van der Waals surface area contributed by atoms with Gasteiger partial charge in [0.05, 0.1) is 5.60 Å². The highest BCUT2D eigenvalue weighted by atomic mass is 32.1. The van der Waals surface area contributed by atoms with Gasteiger partial charge in [0.2, 0.25) is 0 Å². The third-order valence-corrected chi connectivity index (χ3v) is 5.39. The molecule has 1 aliphatic carbocycles. The topological polar surface area (TPSA) is 53.4 Å². The Morgan fingerprint density at radius 1 is 1.35 bits per heavy atom. The highest BCUT2D eigenvalue weighted by Crippen LogP contribution is 2.31. The average Bonchev–Trinajstić information content (AvgIpc) is 3.16. The number of aryl methyl sites for hydroxylation is 1. The molecule has 23 heavy (non-hydrogen) atoms. The molecule has 122 valence electrons. The van der Waals surface area contributed by atoms with Crippen LogP contribution in [0.4, 0.5) is 0 Å². The van der Waals surface area contributed by atoms with Gasteiger partial charge in [0.25, 0.3) is 5.91 Å². The van der Waals surface area contributed by atoms with Crippen molar-refractivity contribution in [3.63, 3.8) is 0 Å². The fourth-order valence-corrected chi connectivity index (χ4v) is 4.09. The fraction of sp³-hybridized carbons (Fsp3) is 0.444. The summed E-state index contributed by atoms with van der Waals surface area (Å²) in [6.45, 7) is 2.42. The number of likely N-dealkylation sites (N-methyl/N-ethyl adjacent to an activating group) is 1. The van der Waals surface area contributed by atoms with Crippen molar-refractivity contribution in [3.8, 4) is 10.6 Å². The maximum absolute atomic E-state index is 12.6. The second-order valence-corrected chi connectivity index (χ2v) is 7.30. The molecule has 1 aromatic carbocycles. The molecule has 1 N–H and O–H groups in total. The first kappa shape index (κ1) is 16.1. The van der Waals surface area contributed by atoms with Crippen molar-refractivity contribution in [1.82, 2.24) is 9.88 Å². The molecule has 5 heteroatoms. The van der Waals surface area contributed by atoms with Gasteiger partial charge >= 0.3 is 0 Å². The lowest BCUT2D eigenvalue weighted by Gasteiger charge is -2.28. The van der Waals surface area contributed by atoms with Gasteiger partial charge in [0, 0.05) is 24.5 Å². The Kier molecular flexibility index (Phi) is 4.50. The third-order valence-electron chi connectivity index (χ3n) is 4.51. The average molecular weight is 330 g/mol. The minimum Gasteiger partial charge on any atom is -0.388 e. The van der Waals surface area contributed by atoms with E-state index in [1.54, 1.807) is 17.3 Å². The maximum atomic E-state index is 12.6. The Labute approximate surface area is 140 Å². The summed E-state index contributed by atoms with van der Waals surface area (Å²) in [5.41, 5.74) is 1.94. The van der Waals surface area contributed by atoms with Crippen molar-refractivity contribution in [3.05, 3.63) is 40.9 Å². The molecule has 1 heterocycles. The third kappa shape index (κ3) is 3.46. The molecule has 0 unspecified atom stereocenters. The van der Waals surface area contributed by atoms with Crippen LogP contribution in [0.5, 0.6) is 0 Å². The smallest absolute Gasteiger partial charge is 0.273 e. The molecule has 1 aromatic heterocycles. The van der Waals surface area contributed by atoms with Gasteiger partial charge in [-0.1, -0.05) is 37.1 Å². The molecule has 0 aliphatic heterocycles. The molecule has 2 aromatic rings. The Morgan fingerprint density at radius 2 is 2.04 bits per heavy atom. The second kappa shape index (κ2) is 6.42. The number of amides is 1. The van der Waals surface area contributed by atoms with E-state index in [2.05, 4.69) is 4.98 Å². The maximum Gasteiger partial charge on any atom is 0.273 e. The molecule has 0 spiro atoms. The van der Waals surface area contributed by atoms with Gasteiger partial charge in [-0.2, -0.15) is 0 Å². The van der Waals surface area contributed by atoms with Crippen LogP contribution in [-0.2, 0) is 0 Å². The molecular weight excluding hydrogens is 308 g/mol. The number of thiazole rings is 1. The van der Waals surface area contributed by atoms with E-state index in [1.165, 1.54) is 11.3 Å². The quantitative estimate of drug-likeness (QED) is 0.933. The van der Waals surface area contributed by atoms with Crippen LogP contribution in [0.15, 0.2) is 29.6 Å². The summed E-state index contributed by atoms with van der Waals surface area (Å²) in [6, 6.07) is 8.04. The zero-order chi connectivity index (χ0) is 16.4. The lowest BCUT2D eigenvalue weighted by molar-refractivity contribution is 0.0155. The molecule has 1 amide bonds. The van der Waals surface area contributed by atoms with Crippen molar-refractivity contribution in [2.24, 2.45) is 0 Å². The number of benzene rings is 1. The molecular formula is C18H22N2O2S. The van der Waals surface area contributed by atoms with Crippen LogP contribution in [0, 0.1) is 6.92 Å². The minimum atomic E-state index is -0.723. The van der Waals surface area contributed by atoms with E-state index in [-0.39, 0.29) is 5.91 Å². The van der Waals surface area contributed by atoms with Gasteiger partial charge in [-0.05, 0) is 25.3 Å². The van der Waals surface area contributed by atoms with Crippen LogP contribution in [-0.4, -0.2) is 40.1 Å². The van der Waals surface area contributed by atoms with Gasteiger partial charge in [-0.25, -0.2) is 4.98 Å². The lowest BCUT2D eigenvalue weighted by Crippen LogP contribution is -2.42. The molecule has 1 aliphatic rings. The first-order chi connectivity index (χ1) is 11.0. The second-order valence-electron chi connectivity index (χ2n) is 6.45. The Bertz CT molecular complexity index is 705. The molecule has 1 fully saturated rings. The number of carbonyl (C=O) groups excluding carboxylic acids is 1. The van der Waals surface area contributed by atoms with E-state index in [4.69, 9.17) is 0 Å². The summed E-state index contributed by atoms with van der Waals surface area (Å²) in [5, 5.41) is 13.1. The molecule has 1 saturated carbocycles. The van der Waals surface area contributed by atoms with Crippen molar-refractivity contribution in [1.29, 1.82) is 0 Å². The highest BCUT2D eigenvalue weighted by molar-refractivity contribution is 7.13. The summed E-state index contributed by atoms with van der Waals surface area (Å²) >= 11 is 1.48. The predicted octanol–water partition coefficient (Wildman–Crippen LogP) is 3.50. The lowest BCUT2D eigenvalue weighted by atomic mass is 10.0. The first-order valence-electron chi connectivity index (χ1n) is 7.98. The molecule has 0 radical (unpaired) electrons. The molecule has 4 nitrogen and oxygen atoms in total. The van der Waals surface area contributed by atoms with Crippen LogP contribution in [0.3, 0.4) is 0 Å². The van der Waals surface area contributed by atoms with Gasteiger partial charge in [-0.3, -0.25) is 4.79 Å². The minimum absolute atomic E-state index is 0.124. The normalized spacial score (nSPS) is 16.5. The zero-order valence-electron chi connectivity index (χ0n) is 13.6. The van der Waals surface area contributed by atoms with Gasteiger partial charge < -0.3 is 10.0 Å². The molecule has 0 bridgehead atoms. The van der Waals surface area contributed by atoms with Crippen molar-refractivity contribution >= 4 is 17.2 Å². The van der Waals surface area contributed by atoms with E-state index in [9.17, 15) is 9.90 Å². The Morgan fingerprint density at radius 3 is 2.74 bits per heavy atom. The van der Waals surface area contributed by atoms with E-state index >= 15 is 0 Å². The van der Waals surface area contributed by atoms with Crippen molar-refractivity contribution < 1.29 is 9.90 Å². The Balaban J connectivity index is 1.74. The number of nitrogens with zero attached hydrogens (tertiary/aromatic N) is 2. The first-order valence-corrected chi connectivity index (χ1v) is 8.86. The van der Waals surface area contributed by atoms with Crippen LogP contribution >= 0.6 is 11.3 Å². The van der Waals surface area contributed by atoms with E-state index in [0.29, 0.717) is 12.2 Å². The molecule has 0 saturated heterocycles. The number of hydrogen-bond acceptors (Lipinski definition) is 4. The van der Waals surface area contributed by atoms with Crippen LogP contribution < -0.4 is 0 Å². The number of carbonyl (C=O) groups is 1. The molecule has 3 rings (SSSR count). The van der Waals surface area contributed by atoms with Gasteiger partial charge in [-0.15, -0.1) is 11.3 Å². The van der Waals surface area contributed by atoms with Crippen molar-refractivity contribution in [2.75, 3.05) is 13.6 Å². The summed E-state index contributed by atoms with van der Waals surface area (Å²) in [6.07, 6.45) is 3.62. The predicted molar refractivity (Wildman–Crippen MR) is 92.7 cm³/mol. The van der Waals surface area contributed by atoms with Gasteiger partial charge in [0.15, 0.2) is 0 Å². The summed E-state index contributed by atoms with van der Waals surface area (Å²) < 4.78 is 0. The zero-order valence-corrected chi connectivity index (χ0v) is 14.4. The van der Waals surface area contributed by atoms with E-state index in [1.807, 2.05) is 31.2 Å². The van der Waals surface area contributed by atoms with E-state index < -0.39 is 5.60 Å². The summed E-state index contributed by atoms with van der Waals surface area (Å²) in [5.74, 6) is -0.124. The van der Waals surface area contributed by atoms with Crippen LogP contribution in [0.1, 0.15) is 41.7 Å². The Hall–Kier alpha value is -1.72. The standard InChI is InChI=1S/C18H22N2O2S/c1-13-7-3-4-8-14(13)16-19-15(11-23-16)17(21)20(2)12-18(22)9-5-6-10-18/h3-4,7-8,11,22H,5-6,9-10,12H2,1-2H3. The van der Waals surface area contributed by atoms with Crippen molar-refractivity contribution in [2.45, 2.75) is 38.2 Å².